The first-order valence-corrected chi connectivity index (χ1v) is 5.99. The van der Waals surface area contributed by atoms with Gasteiger partial charge < -0.3 is 0 Å². The van der Waals surface area contributed by atoms with Crippen LogP contribution in [0.1, 0.15) is 40.5 Å². The summed E-state index contributed by atoms with van der Waals surface area (Å²) in [7, 11) is 0. The predicted molar refractivity (Wildman–Crippen MR) is 60.5 cm³/mol. The lowest BCUT2D eigenvalue weighted by Gasteiger charge is -2.48. The number of piperazine rings is 1. The highest BCUT2D eigenvalue weighted by molar-refractivity contribution is 4.94. The summed E-state index contributed by atoms with van der Waals surface area (Å²) in [4.78, 5) is 5.37. The third kappa shape index (κ3) is 1.82. The van der Waals surface area contributed by atoms with Crippen LogP contribution in [0.5, 0.6) is 0 Å². The Kier molecular flexibility index (Phi) is 2.61. The van der Waals surface area contributed by atoms with E-state index >= 15 is 0 Å². The van der Waals surface area contributed by atoms with E-state index in [9.17, 15) is 0 Å². The SMILES string of the molecule is CC1CN2CCCC2CN1C(C)(C)C. The first kappa shape index (κ1) is 10.4. The Balaban J connectivity index is 2.06. The molecule has 2 heterocycles. The van der Waals surface area contributed by atoms with E-state index in [1.165, 1.54) is 32.5 Å². The van der Waals surface area contributed by atoms with Crippen molar-refractivity contribution in [3.05, 3.63) is 0 Å². The van der Waals surface area contributed by atoms with Crippen molar-refractivity contribution in [2.45, 2.75) is 58.2 Å². The molecule has 2 fully saturated rings. The van der Waals surface area contributed by atoms with E-state index in [1.807, 2.05) is 0 Å². The molecule has 0 aliphatic carbocycles. The standard InChI is InChI=1S/C12H24N2/c1-10-8-13-7-5-6-11(13)9-14(10)12(2,3)4/h10-11H,5-9H2,1-4H3. The molecule has 0 bridgehead atoms. The second-order valence-electron chi connectivity index (χ2n) is 5.96. The van der Waals surface area contributed by atoms with Gasteiger partial charge in [0.2, 0.25) is 0 Å². The molecule has 82 valence electrons. The second-order valence-corrected chi connectivity index (χ2v) is 5.96. The number of hydrogen-bond acceptors (Lipinski definition) is 2. The summed E-state index contributed by atoms with van der Waals surface area (Å²) >= 11 is 0. The summed E-state index contributed by atoms with van der Waals surface area (Å²) in [6.45, 7) is 13.3. The van der Waals surface area contributed by atoms with Crippen LogP contribution in [0, 0.1) is 0 Å². The molecule has 2 rings (SSSR count). The molecule has 2 nitrogen and oxygen atoms in total. The molecule has 0 radical (unpaired) electrons. The molecule has 2 saturated heterocycles. The van der Waals surface area contributed by atoms with Gasteiger partial charge in [-0.25, -0.2) is 0 Å². The van der Waals surface area contributed by atoms with E-state index < -0.39 is 0 Å². The normalized spacial score (nSPS) is 36.0. The Morgan fingerprint density at radius 2 is 1.86 bits per heavy atom. The van der Waals surface area contributed by atoms with Crippen molar-refractivity contribution < 1.29 is 0 Å². The van der Waals surface area contributed by atoms with Crippen LogP contribution in [-0.2, 0) is 0 Å². The number of fused-ring (bicyclic) bond motifs is 1. The Labute approximate surface area is 88.3 Å². The molecule has 2 aliphatic rings. The minimum atomic E-state index is 0.341. The topological polar surface area (TPSA) is 6.48 Å². The molecule has 2 heteroatoms. The van der Waals surface area contributed by atoms with Crippen molar-refractivity contribution in [2.75, 3.05) is 19.6 Å². The smallest absolute Gasteiger partial charge is 0.0224 e. The van der Waals surface area contributed by atoms with Gasteiger partial charge in [-0.1, -0.05) is 0 Å². The molecular formula is C12H24N2. The van der Waals surface area contributed by atoms with Gasteiger partial charge in [0.25, 0.3) is 0 Å². The molecule has 0 aromatic carbocycles. The van der Waals surface area contributed by atoms with Crippen molar-refractivity contribution >= 4 is 0 Å². The molecule has 0 spiro atoms. The molecule has 2 unspecified atom stereocenters. The zero-order valence-corrected chi connectivity index (χ0v) is 10.1. The quantitative estimate of drug-likeness (QED) is 0.584. The van der Waals surface area contributed by atoms with Crippen LogP contribution >= 0.6 is 0 Å². The monoisotopic (exact) mass is 196 g/mol. The van der Waals surface area contributed by atoms with Crippen molar-refractivity contribution in [1.29, 1.82) is 0 Å². The minimum Gasteiger partial charge on any atom is -0.298 e. The number of rotatable bonds is 0. The number of nitrogens with zero attached hydrogens (tertiary/aromatic N) is 2. The van der Waals surface area contributed by atoms with Crippen molar-refractivity contribution in [2.24, 2.45) is 0 Å². The molecule has 2 aliphatic heterocycles. The molecule has 2 atom stereocenters. The highest BCUT2D eigenvalue weighted by atomic mass is 15.3. The van der Waals surface area contributed by atoms with E-state index in [0.717, 1.165) is 12.1 Å². The molecule has 0 saturated carbocycles. The van der Waals surface area contributed by atoms with Crippen LogP contribution in [0.4, 0.5) is 0 Å². The van der Waals surface area contributed by atoms with Gasteiger partial charge in [0.05, 0.1) is 0 Å². The molecule has 0 N–H and O–H groups in total. The maximum atomic E-state index is 2.69. The summed E-state index contributed by atoms with van der Waals surface area (Å²) in [6.07, 6.45) is 2.83. The zero-order valence-electron chi connectivity index (χ0n) is 10.1. The maximum Gasteiger partial charge on any atom is 0.0224 e. The first-order valence-electron chi connectivity index (χ1n) is 5.99. The highest BCUT2D eigenvalue weighted by Gasteiger charge is 2.38. The average Bonchev–Trinajstić information content (AvgIpc) is 2.47. The van der Waals surface area contributed by atoms with Crippen LogP contribution in [0.3, 0.4) is 0 Å². The molecular weight excluding hydrogens is 172 g/mol. The van der Waals surface area contributed by atoms with Crippen LogP contribution in [0.15, 0.2) is 0 Å². The van der Waals surface area contributed by atoms with Crippen LogP contribution < -0.4 is 0 Å². The minimum absolute atomic E-state index is 0.341. The summed E-state index contributed by atoms with van der Waals surface area (Å²) in [5.74, 6) is 0. The van der Waals surface area contributed by atoms with Gasteiger partial charge in [-0.15, -0.1) is 0 Å². The van der Waals surface area contributed by atoms with E-state index in [0.29, 0.717) is 5.54 Å². The van der Waals surface area contributed by atoms with Crippen molar-refractivity contribution in [3.63, 3.8) is 0 Å². The predicted octanol–water partition coefficient (Wildman–Crippen LogP) is 1.95. The third-order valence-electron chi connectivity index (χ3n) is 3.80. The fraction of sp³-hybridized carbons (Fsp3) is 1.00. The molecule has 0 amide bonds. The van der Waals surface area contributed by atoms with Gasteiger partial charge in [-0.05, 0) is 47.1 Å². The van der Waals surface area contributed by atoms with E-state index in [-0.39, 0.29) is 0 Å². The van der Waals surface area contributed by atoms with Gasteiger partial charge in [-0.3, -0.25) is 9.80 Å². The largest absolute Gasteiger partial charge is 0.298 e. The highest BCUT2D eigenvalue weighted by Crippen LogP contribution is 2.28. The molecule has 0 aromatic heterocycles. The Bertz CT molecular complexity index is 207. The third-order valence-corrected chi connectivity index (χ3v) is 3.80. The van der Waals surface area contributed by atoms with Gasteiger partial charge in [-0.2, -0.15) is 0 Å². The zero-order chi connectivity index (χ0) is 10.3. The van der Waals surface area contributed by atoms with Crippen molar-refractivity contribution in [1.82, 2.24) is 9.80 Å². The lowest BCUT2D eigenvalue weighted by molar-refractivity contribution is -0.000349. The maximum absolute atomic E-state index is 2.69. The van der Waals surface area contributed by atoms with Crippen LogP contribution in [-0.4, -0.2) is 47.1 Å². The van der Waals surface area contributed by atoms with Crippen LogP contribution in [0.2, 0.25) is 0 Å². The van der Waals surface area contributed by atoms with Gasteiger partial charge in [0.15, 0.2) is 0 Å². The summed E-state index contributed by atoms with van der Waals surface area (Å²) < 4.78 is 0. The fourth-order valence-electron chi connectivity index (χ4n) is 3.12. The first-order chi connectivity index (χ1) is 6.48. The van der Waals surface area contributed by atoms with E-state index in [1.54, 1.807) is 0 Å². The average molecular weight is 196 g/mol. The second kappa shape index (κ2) is 3.49. The summed E-state index contributed by atoms with van der Waals surface area (Å²) in [5, 5.41) is 0. The Hall–Kier alpha value is -0.0800. The summed E-state index contributed by atoms with van der Waals surface area (Å²) in [6, 6.07) is 1.58. The van der Waals surface area contributed by atoms with Gasteiger partial charge >= 0.3 is 0 Å². The van der Waals surface area contributed by atoms with Gasteiger partial charge in [0.1, 0.15) is 0 Å². The lowest BCUT2D eigenvalue weighted by atomic mass is 9.98. The lowest BCUT2D eigenvalue weighted by Crippen LogP contribution is -2.60. The Morgan fingerprint density at radius 3 is 2.50 bits per heavy atom. The molecule has 0 aromatic rings. The van der Waals surface area contributed by atoms with Crippen LogP contribution in [0.25, 0.3) is 0 Å². The van der Waals surface area contributed by atoms with Crippen molar-refractivity contribution in [3.8, 4) is 0 Å². The fourth-order valence-corrected chi connectivity index (χ4v) is 3.12. The van der Waals surface area contributed by atoms with E-state index in [2.05, 4.69) is 37.5 Å². The number of hydrogen-bond donors (Lipinski definition) is 0. The Morgan fingerprint density at radius 1 is 1.14 bits per heavy atom. The summed E-state index contributed by atoms with van der Waals surface area (Å²) in [5.41, 5.74) is 0.341. The van der Waals surface area contributed by atoms with Gasteiger partial charge in [0, 0.05) is 30.7 Å². The van der Waals surface area contributed by atoms with E-state index in [4.69, 9.17) is 0 Å². The molecule has 14 heavy (non-hydrogen) atoms.